The fourth-order valence-corrected chi connectivity index (χ4v) is 3.74. The number of aromatic nitrogens is 1. The Balaban J connectivity index is 1.76. The van der Waals surface area contributed by atoms with Crippen LogP contribution in [0, 0.1) is 0 Å². The first kappa shape index (κ1) is 18.2. The number of hydrogen-bond donors (Lipinski definition) is 2. The van der Waals surface area contributed by atoms with E-state index in [1.54, 1.807) is 11.3 Å². The highest BCUT2D eigenvalue weighted by atomic mass is 32.1. The minimum atomic E-state index is 0.651. The minimum absolute atomic E-state index is 0.651. The van der Waals surface area contributed by atoms with Crippen LogP contribution in [-0.2, 0) is 13.0 Å². The first-order valence-corrected chi connectivity index (χ1v) is 9.70. The predicted molar refractivity (Wildman–Crippen MR) is 99.2 cm³/mol. The number of hydrogen-bond acceptors (Lipinski definition) is 4. The lowest BCUT2D eigenvalue weighted by molar-refractivity contribution is 0.249. The van der Waals surface area contributed by atoms with Crippen LogP contribution in [0.25, 0.3) is 0 Å². The van der Waals surface area contributed by atoms with Crippen molar-refractivity contribution in [2.24, 2.45) is 4.99 Å². The molecular formula is C17H31N5S. The van der Waals surface area contributed by atoms with Gasteiger partial charge in [-0.25, -0.2) is 9.98 Å². The second kappa shape index (κ2) is 9.88. The SMILES string of the molecule is CCNC(=NCc1ncc(CC)s1)NCCN(C)C1CCCC1. The molecule has 0 saturated heterocycles. The Morgan fingerprint density at radius 3 is 2.78 bits per heavy atom. The number of aliphatic imine (C=N–C) groups is 1. The third-order valence-corrected chi connectivity index (χ3v) is 5.50. The number of aryl methyl sites for hydroxylation is 1. The molecule has 1 fully saturated rings. The molecular weight excluding hydrogens is 306 g/mol. The Labute approximate surface area is 144 Å². The summed E-state index contributed by atoms with van der Waals surface area (Å²) in [6.07, 6.45) is 8.50. The van der Waals surface area contributed by atoms with Crippen molar-refractivity contribution in [3.8, 4) is 0 Å². The van der Waals surface area contributed by atoms with Crippen LogP contribution >= 0.6 is 11.3 Å². The van der Waals surface area contributed by atoms with Gasteiger partial charge < -0.3 is 15.5 Å². The molecule has 1 saturated carbocycles. The summed E-state index contributed by atoms with van der Waals surface area (Å²) in [4.78, 5) is 12.9. The van der Waals surface area contributed by atoms with E-state index in [-0.39, 0.29) is 0 Å². The third-order valence-electron chi connectivity index (χ3n) is 4.37. The van der Waals surface area contributed by atoms with Crippen LogP contribution in [0.15, 0.2) is 11.2 Å². The van der Waals surface area contributed by atoms with Crippen molar-refractivity contribution in [1.29, 1.82) is 0 Å². The van der Waals surface area contributed by atoms with E-state index in [1.807, 2.05) is 6.20 Å². The van der Waals surface area contributed by atoms with Crippen molar-refractivity contribution in [1.82, 2.24) is 20.5 Å². The van der Waals surface area contributed by atoms with E-state index >= 15 is 0 Å². The van der Waals surface area contributed by atoms with Crippen LogP contribution in [-0.4, -0.2) is 48.6 Å². The van der Waals surface area contributed by atoms with Crippen molar-refractivity contribution >= 4 is 17.3 Å². The fourth-order valence-electron chi connectivity index (χ4n) is 2.95. The van der Waals surface area contributed by atoms with Crippen molar-refractivity contribution in [3.63, 3.8) is 0 Å². The summed E-state index contributed by atoms with van der Waals surface area (Å²) in [5.74, 6) is 0.889. The topological polar surface area (TPSA) is 52.6 Å². The highest BCUT2D eigenvalue weighted by Gasteiger charge is 2.18. The molecule has 0 radical (unpaired) electrons. The largest absolute Gasteiger partial charge is 0.357 e. The second-order valence-corrected chi connectivity index (χ2v) is 7.31. The van der Waals surface area contributed by atoms with Crippen LogP contribution in [0.3, 0.4) is 0 Å². The average Bonchev–Trinajstić information content (AvgIpc) is 3.23. The summed E-state index contributed by atoms with van der Waals surface area (Å²) >= 11 is 1.76. The van der Waals surface area contributed by atoms with Crippen LogP contribution in [0.5, 0.6) is 0 Å². The molecule has 0 aromatic carbocycles. The molecule has 5 nitrogen and oxygen atoms in total. The molecule has 1 aliphatic rings. The average molecular weight is 338 g/mol. The number of rotatable bonds is 8. The molecule has 0 atom stereocenters. The maximum atomic E-state index is 4.65. The molecule has 2 rings (SSSR count). The Bertz CT molecular complexity index is 479. The van der Waals surface area contributed by atoms with Gasteiger partial charge in [0, 0.05) is 36.8 Å². The smallest absolute Gasteiger partial charge is 0.191 e. The molecule has 1 aliphatic carbocycles. The van der Waals surface area contributed by atoms with Crippen LogP contribution < -0.4 is 10.6 Å². The monoisotopic (exact) mass is 337 g/mol. The Morgan fingerprint density at radius 2 is 2.13 bits per heavy atom. The van der Waals surface area contributed by atoms with E-state index in [4.69, 9.17) is 0 Å². The molecule has 0 unspecified atom stereocenters. The van der Waals surface area contributed by atoms with E-state index in [1.165, 1.54) is 30.6 Å². The molecule has 0 amide bonds. The highest BCUT2D eigenvalue weighted by molar-refractivity contribution is 7.11. The van der Waals surface area contributed by atoms with E-state index in [2.05, 4.69) is 46.4 Å². The molecule has 1 aromatic heterocycles. The molecule has 0 spiro atoms. The number of thiazole rings is 1. The second-order valence-electron chi connectivity index (χ2n) is 6.11. The van der Waals surface area contributed by atoms with E-state index in [0.29, 0.717) is 6.54 Å². The van der Waals surface area contributed by atoms with Gasteiger partial charge in [-0.05, 0) is 33.2 Å². The summed E-state index contributed by atoms with van der Waals surface area (Å²) in [5.41, 5.74) is 0. The summed E-state index contributed by atoms with van der Waals surface area (Å²) in [5, 5.41) is 7.84. The van der Waals surface area contributed by atoms with Crippen LogP contribution in [0.2, 0.25) is 0 Å². The van der Waals surface area contributed by atoms with Gasteiger partial charge in [0.1, 0.15) is 5.01 Å². The highest BCUT2D eigenvalue weighted by Crippen LogP contribution is 2.21. The van der Waals surface area contributed by atoms with Gasteiger partial charge >= 0.3 is 0 Å². The standard InChI is InChI=1S/C17H31N5S/c1-4-15-12-20-16(23-15)13-21-17(18-5-2)19-10-11-22(3)14-8-6-7-9-14/h12,14H,4-11,13H2,1-3H3,(H2,18,19,21). The van der Waals surface area contributed by atoms with Crippen molar-refractivity contribution in [2.75, 3.05) is 26.7 Å². The van der Waals surface area contributed by atoms with Gasteiger partial charge in [0.2, 0.25) is 0 Å². The van der Waals surface area contributed by atoms with Crippen LogP contribution in [0.1, 0.15) is 49.4 Å². The molecule has 0 bridgehead atoms. The summed E-state index contributed by atoms with van der Waals surface area (Å²) in [7, 11) is 2.24. The Hall–Kier alpha value is -1.14. The molecule has 6 heteroatoms. The first-order valence-electron chi connectivity index (χ1n) is 8.89. The van der Waals surface area contributed by atoms with Gasteiger partial charge in [-0.3, -0.25) is 0 Å². The number of nitrogens with one attached hydrogen (secondary N) is 2. The molecule has 1 heterocycles. The van der Waals surface area contributed by atoms with Crippen molar-refractivity contribution < 1.29 is 0 Å². The zero-order valence-corrected chi connectivity index (χ0v) is 15.6. The number of nitrogens with zero attached hydrogens (tertiary/aromatic N) is 3. The van der Waals surface area contributed by atoms with Gasteiger partial charge in [-0.15, -0.1) is 11.3 Å². The summed E-state index contributed by atoms with van der Waals surface area (Å²) < 4.78 is 0. The Morgan fingerprint density at radius 1 is 1.35 bits per heavy atom. The molecule has 1 aromatic rings. The molecule has 2 N–H and O–H groups in total. The molecule has 130 valence electrons. The van der Waals surface area contributed by atoms with Gasteiger partial charge in [-0.1, -0.05) is 19.8 Å². The Kier molecular flexibility index (Phi) is 7.82. The van der Waals surface area contributed by atoms with Gasteiger partial charge in [0.25, 0.3) is 0 Å². The summed E-state index contributed by atoms with van der Waals surface area (Å²) in [6, 6.07) is 0.777. The lowest BCUT2D eigenvalue weighted by Crippen LogP contribution is -2.42. The first-order chi connectivity index (χ1) is 11.2. The quantitative estimate of drug-likeness (QED) is 0.566. The van der Waals surface area contributed by atoms with Crippen molar-refractivity contribution in [3.05, 3.63) is 16.1 Å². The van der Waals surface area contributed by atoms with Gasteiger partial charge in [0.05, 0.1) is 6.54 Å². The third kappa shape index (κ3) is 6.11. The zero-order valence-electron chi connectivity index (χ0n) is 14.8. The molecule has 23 heavy (non-hydrogen) atoms. The van der Waals surface area contributed by atoms with Crippen molar-refractivity contribution in [2.45, 2.75) is 58.5 Å². The maximum Gasteiger partial charge on any atom is 0.191 e. The maximum absolute atomic E-state index is 4.65. The fraction of sp³-hybridized carbons (Fsp3) is 0.765. The van der Waals surface area contributed by atoms with E-state index in [9.17, 15) is 0 Å². The van der Waals surface area contributed by atoms with E-state index < -0.39 is 0 Å². The normalized spacial score (nSPS) is 16.3. The van der Waals surface area contributed by atoms with Gasteiger partial charge in [-0.2, -0.15) is 0 Å². The number of guanidine groups is 1. The minimum Gasteiger partial charge on any atom is -0.357 e. The van der Waals surface area contributed by atoms with E-state index in [0.717, 1.165) is 43.1 Å². The van der Waals surface area contributed by atoms with Crippen LogP contribution in [0.4, 0.5) is 0 Å². The summed E-state index contributed by atoms with van der Waals surface area (Å²) in [6.45, 7) is 7.78. The van der Waals surface area contributed by atoms with Gasteiger partial charge in [0.15, 0.2) is 5.96 Å². The zero-order chi connectivity index (χ0) is 16.5. The lowest BCUT2D eigenvalue weighted by Gasteiger charge is -2.24. The lowest BCUT2D eigenvalue weighted by atomic mass is 10.2. The predicted octanol–water partition coefficient (Wildman–Crippen LogP) is 2.64. The molecule has 0 aliphatic heterocycles. The number of likely N-dealkylation sites (N-methyl/N-ethyl adjacent to an activating group) is 1.